The van der Waals surface area contributed by atoms with Crippen LogP contribution in [0.3, 0.4) is 0 Å². The van der Waals surface area contributed by atoms with Crippen LogP contribution in [0.4, 0.5) is 36.3 Å². The summed E-state index contributed by atoms with van der Waals surface area (Å²) in [5, 5.41) is 3.30. The minimum absolute atomic E-state index is 0.613. The Balaban J connectivity index is 0.000000353. The smallest absolute Gasteiger partial charge is 0.329 e. The number of halogens is 3. The maximum absolute atomic E-state index is 10.4. The Hall–Kier alpha value is -3.42. The SMILES string of the molecule is CN1c2cccc(c2)CCc2cccc(c2)Nc2nccc1n2.O=CC(F)(F)F. The molecule has 3 aromatic rings. The fraction of sp³-hybridized carbons (Fsp3) is 0.190. The predicted octanol–water partition coefficient (Wildman–Crippen LogP) is 4.83. The average Bonchev–Trinajstić information content (AvgIpc) is 2.72. The third kappa shape index (κ3) is 5.78. The second-order valence-electron chi connectivity index (χ2n) is 6.45. The van der Waals surface area contributed by atoms with E-state index < -0.39 is 12.5 Å². The lowest BCUT2D eigenvalue weighted by Crippen LogP contribution is -2.12. The highest BCUT2D eigenvalue weighted by atomic mass is 19.4. The summed E-state index contributed by atoms with van der Waals surface area (Å²) in [4.78, 5) is 19.7. The molecule has 5 nitrogen and oxygen atoms in total. The Morgan fingerprint density at radius 1 is 1.03 bits per heavy atom. The van der Waals surface area contributed by atoms with Crippen molar-refractivity contribution in [2.45, 2.75) is 19.0 Å². The van der Waals surface area contributed by atoms with Crippen molar-refractivity contribution in [1.29, 1.82) is 0 Å². The molecule has 0 saturated heterocycles. The molecule has 2 aromatic carbocycles. The van der Waals surface area contributed by atoms with Gasteiger partial charge in [0.2, 0.25) is 12.2 Å². The molecule has 0 spiro atoms. The van der Waals surface area contributed by atoms with E-state index in [1.54, 1.807) is 6.20 Å². The summed E-state index contributed by atoms with van der Waals surface area (Å²) in [6.45, 7) is 0. The molecule has 1 aromatic heterocycles. The van der Waals surface area contributed by atoms with Gasteiger partial charge in [-0.2, -0.15) is 18.2 Å². The van der Waals surface area contributed by atoms with Gasteiger partial charge in [0.25, 0.3) is 0 Å². The number of aldehydes is 1. The number of aryl methyl sites for hydroxylation is 2. The van der Waals surface area contributed by atoms with Gasteiger partial charge in [-0.25, -0.2) is 4.98 Å². The molecule has 0 radical (unpaired) electrons. The van der Waals surface area contributed by atoms with Crippen LogP contribution in [-0.2, 0) is 17.6 Å². The molecule has 1 aliphatic heterocycles. The van der Waals surface area contributed by atoms with Crippen molar-refractivity contribution in [2.75, 3.05) is 17.3 Å². The topological polar surface area (TPSA) is 58.1 Å². The first-order valence-corrected chi connectivity index (χ1v) is 8.89. The number of carbonyl (C=O) groups excluding carboxylic acids is 1. The van der Waals surface area contributed by atoms with Crippen molar-refractivity contribution in [3.8, 4) is 0 Å². The number of carbonyl (C=O) groups is 1. The molecule has 1 aliphatic rings. The van der Waals surface area contributed by atoms with Crippen molar-refractivity contribution < 1.29 is 18.0 Å². The Morgan fingerprint density at radius 3 is 2.38 bits per heavy atom. The lowest BCUT2D eigenvalue weighted by Gasteiger charge is -2.19. The molecule has 2 heterocycles. The van der Waals surface area contributed by atoms with E-state index in [2.05, 4.69) is 62.6 Å². The van der Waals surface area contributed by atoms with Crippen LogP contribution in [0, 0.1) is 0 Å². The number of benzene rings is 2. The van der Waals surface area contributed by atoms with Crippen LogP contribution in [0.25, 0.3) is 0 Å². The van der Waals surface area contributed by atoms with E-state index >= 15 is 0 Å². The molecule has 8 heteroatoms. The van der Waals surface area contributed by atoms with Gasteiger partial charge in [0, 0.05) is 24.6 Å². The van der Waals surface area contributed by atoms with E-state index in [9.17, 15) is 13.2 Å². The zero-order chi connectivity index (χ0) is 20.9. The third-order valence-corrected chi connectivity index (χ3v) is 4.30. The van der Waals surface area contributed by atoms with Crippen LogP contribution in [0.5, 0.6) is 0 Å². The summed E-state index contributed by atoms with van der Waals surface area (Å²) in [7, 11) is 2.03. The first-order chi connectivity index (χ1) is 13.8. The van der Waals surface area contributed by atoms with Crippen LogP contribution in [-0.4, -0.2) is 29.5 Å². The van der Waals surface area contributed by atoms with Crippen molar-refractivity contribution in [2.24, 2.45) is 0 Å². The van der Waals surface area contributed by atoms with Crippen LogP contribution < -0.4 is 10.2 Å². The van der Waals surface area contributed by atoms with Gasteiger partial charge in [-0.05, 0) is 54.3 Å². The number of hydrogen-bond donors (Lipinski definition) is 1. The molecule has 6 bridgehead atoms. The predicted molar refractivity (Wildman–Crippen MR) is 106 cm³/mol. The highest BCUT2D eigenvalue weighted by Crippen LogP contribution is 2.25. The molecule has 29 heavy (non-hydrogen) atoms. The molecule has 0 saturated carbocycles. The summed E-state index contributed by atoms with van der Waals surface area (Å²) in [6.07, 6.45) is -1.88. The summed E-state index contributed by atoms with van der Waals surface area (Å²) >= 11 is 0. The van der Waals surface area contributed by atoms with E-state index in [0.717, 1.165) is 30.0 Å². The van der Waals surface area contributed by atoms with Crippen LogP contribution in [0.15, 0.2) is 60.8 Å². The Morgan fingerprint density at radius 2 is 1.69 bits per heavy atom. The summed E-state index contributed by atoms with van der Waals surface area (Å²) in [5.41, 5.74) is 4.80. The van der Waals surface area contributed by atoms with Crippen LogP contribution in [0.1, 0.15) is 11.1 Å². The monoisotopic (exact) mass is 400 g/mol. The number of nitrogens with zero attached hydrogens (tertiary/aromatic N) is 3. The maximum atomic E-state index is 10.4. The molecule has 0 amide bonds. The number of hydrogen-bond acceptors (Lipinski definition) is 5. The fourth-order valence-electron chi connectivity index (χ4n) is 2.87. The number of alkyl halides is 3. The average molecular weight is 400 g/mol. The highest BCUT2D eigenvalue weighted by molar-refractivity contribution is 5.62. The molecule has 4 rings (SSSR count). The van der Waals surface area contributed by atoms with E-state index in [1.165, 1.54) is 11.1 Å². The first kappa shape index (κ1) is 20.3. The molecule has 0 fully saturated rings. The molecular weight excluding hydrogens is 381 g/mol. The molecule has 0 aliphatic carbocycles. The molecule has 0 unspecified atom stereocenters. The number of aromatic nitrogens is 2. The Labute approximate surface area is 166 Å². The molecular formula is C21H19F3N4O. The zero-order valence-corrected chi connectivity index (χ0v) is 15.6. The first-order valence-electron chi connectivity index (χ1n) is 8.89. The van der Waals surface area contributed by atoms with Gasteiger partial charge in [0.1, 0.15) is 5.82 Å². The van der Waals surface area contributed by atoms with E-state index in [4.69, 9.17) is 4.79 Å². The third-order valence-electron chi connectivity index (χ3n) is 4.30. The van der Waals surface area contributed by atoms with Gasteiger partial charge in [-0.15, -0.1) is 0 Å². The van der Waals surface area contributed by atoms with Gasteiger partial charge in [-0.1, -0.05) is 24.3 Å². The summed E-state index contributed by atoms with van der Waals surface area (Å²) < 4.78 is 31.2. The minimum atomic E-state index is -4.64. The minimum Gasteiger partial charge on any atom is -0.329 e. The maximum Gasteiger partial charge on any atom is 0.446 e. The summed E-state index contributed by atoms with van der Waals surface area (Å²) in [6, 6.07) is 19.0. The van der Waals surface area contributed by atoms with Crippen LogP contribution >= 0.6 is 0 Å². The number of nitrogens with one attached hydrogen (secondary N) is 1. The van der Waals surface area contributed by atoms with E-state index in [1.807, 2.05) is 19.2 Å². The molecule has 0 atom stereocenters. The van der Waals surface area contributed by atoms with Gasteiger partial charge in [0.05, 0.1) is 0 Å². The number of fused-ring (bicyclic) bond motifs is 6. The highest BCUT2D eigenvalue weighted by Gasteiger charge is 2.24. The largest absolute Gasteiger partial charge is 0.446 e. The van der Waals surface area contributed by atoms with Crippen molar-refractivity contribution in [1.82, 2.24) is 9.97 Å². The van der Waals surface area contributed by atoms with E-state index in [-0.39, 0.29) is 0 Å². The van der Waals surface area contributed by atoms with Crippen molar-refractivity contribution in [3.05, 3.63) is 71.9 Å². The van der Waals surface area contributed by atoms with E-state index in [0.29, 0.717) is 5.95 Å². The van der Waals surface area contributed by atoms with Gasteiger partial charge < -0.3 is 10.2 Å². The van der Waals surface area contributed by atoms with Gasteiger partial charge in [-0.3, -0.25) is 4.79 Å². The standard InChI is InChI=1S/C19H18N4.C2HF3O/c1-23-17-7-3-5-15(13-17)9-8-14-4-2-6-16(12-14)21-19-20-11-10-18(23)22-19;3-2(4,5)1-6/h2-7,10-13H,8-9H2,1H3,(H,20,21,22);1H. The lowest BCUT2D eigenvalue weighted by molar-refractivity contribution is -0.156. The Bertz CT molecular complexity index is 991. The normalized spacial score (nSPS) is 12.9. The van der Waals surface area contributed by atoms with Gasteiger partial charge >= 0.3 is 6.18 Å². The fourth-order valence-corrected chi connectivity index (χ4v) is 2.87. The van der Waals surface area contributed by atoms with Crippen molar-refractivity contribution in [3.63, 3.8) is 0 Å². The molecule has 150 valence electrons. The Kier molecular flexibility index (Phi) is 6.11. The number of rotatable bonds is 0. The van der Waals surface area contributed by atoms with Gasteiger partial charge in [0.15, 0.2) is 0 Å². The van der Waals surface area contributed by atoms with Crippen molar-refractivity contribution >= 4 is 29.4 Å². The second-order valence-corrected chi connectivity index (χ2v) is 6.45. The lowest BCUT2D eigenvalue weighted by atomic mass is 10.0. The summed E-state index contributed by atoms with van der Waals surface area (Å²) in [5.74, 6) is 1.48. The zero-order valence-electron chi connectivity index (χ0n) is 15.6. The van der Waals surface area contributed by atoms with Crippen LogP contribution in [0.2, 0.25) is 0 Å². The quantitative estimate of drug-likeness (QED) is 0.548. The second kappa shape index (κ2) is 8.72. The number of anilines is 4. The molecule has 1 N–H and O–H groups in total.